The summed E-state index contributed by atoms with van der Waals surface area (Å²) in [6, 6.07) is 13.4. The van der Waals surface area contributed by atoms with Crippen molar-refractivity contribution in [2.24, 2.45) is 0 Å². The second-order valence-corrected chi connectivity index (χ2v) is 6.86. The molecular formula is C22H26N2O3. The number of rotatable bonds is 6. The number of amides is 2. The van der Waals surface area contributed by atoms with Crippen LogP contribution in [0.25, 0.3) is 0 Å². The Balaban J connectivity index is 1.63. The van der Waals surface area contributed by atoms with E-state index < -0.39 is 0 Å². The van der Waals surface area contributed by atoms with Crippen LogP contribution in [0.15, 0.2) is 42.5 Å². The number of hydrogen-bond donors (Lipinski definition) is 0. The van der Waals surface area contributed by atoms with E-state index in [2.05, 4.69) is 6.07 Å². The first kappa shape index (κ1) is 19.0. The van der Waals surface area contributed by atoms with E-state index in [9.17, 15) is 9.59 Å². The van der Waals surface area contributed by atoms with Gasteiger partial charge in [0.1, 0.15) is 5.75 Å². The maximum absolute atomic E-state index is 12.7. The van der Waals surface area contributed by atoms with Crippen molar-refractivity contribution in [1.29, 1.82) is 0 Å². The van der Waals surface area contributed by atoms with Gasteiger partial charge in [0.15, 0.2) is 6.61 Å². The van der Waals surface area contributed by atoms with Crippen molar-refractivity contribution < 1.29 is 14.3 Å². The van der Waals surface area contributed by atoms with Crippen molar-refractivity contribution in [3.05, 3.63) is 53.6 Å². The van der Waals surface area contributed by atoms with Crippen LogP contribution in [0.5, 0.6) is 5.75 Å². The van der Waals surface area contributed by atoms with E-state index in [0.29, 0.717) is 18.7 Å². The highest BCUT2D eigenvalue weighted by atomic mass is 16.5. The molecule has 0 unspecified atom stereocenters. The lowest BCUT2D eigenvalue weighted by Gasteiger charge is -2.23. The number of carbonyl (C=O) groups excluding carboxylic acids is 2. The second-order valence-electron chi connectivity index (χ2n) is 6.86. The maximum Gasteiger partial charge on any atom is 0.264 e. The van der Waals surface area contributed by atoms with E-state index in [1.54, 1.807) is 9.80 Å². The molecule has 2 aromatic carbocycles. The van der Waals surface area contributed by atoms with E-state index in [1.807, 2.05) is 57.2 Å². The molecule has 2 aromatic rings. The molecule has 5 nitrogen and oxygen atoms in total. The molecule has 0 atom stereocenters. The third-order valence-corrected chi connectivity index (χ3v) is 4.84. The molecule has 0 radical (unpaired) electrons. The summed E-state index contributed by atoms with van der Waals surface area (Å²) >= 11 is 0. The average molecular weight is 366 g/mol. The van der Waals surface area contributed by atoms with Gasteiger partial charge in [-0.3, -0.25) is 9.59 Å². The molecule has 0 spiro atoms. The van der Waals surface area contributed by atoms with E-state index in [4.69, 9.17) is 4.74 Å². The fraction of sp³-hybridized carbons (Fsp3) is 0.364. The SMILES string of the molecule is CCN(C(=O)COc1ccc(N2CCCC2=O)cc1)c1ccc(C)cc1C. The fourth-order valence-corrected chi connectivity index (χ4v) is 3.46. The van der Waals surface area contributed by atoms with Crippen molar-refractivity contribution in [2.45, 2.75) is 33.6 Å². The van der Waals surface area contributed by atoms with Gasteiger partial charge in [0.2, 0.25) is 5.91 Å². The van der Waals surface area contributed by atoms with Crippen LogP contribution in [-0.4, -0.2) is 31.5 Å². The molecule has 2 amide bonds. The Kier molecular flexibility index (Phi) is 5.79. The minimum Gasteiger partial charge on any atom is -0.484 e. The Hall–Kier alpha value is -2.82. The lowest BCUT2D eigenvalue weighted by atomic mass is 10.1. The minimum absolute atomic E-state index is 0.0247. The van der Waals surface area contributed by atoms with Gasteiger partial charge < -0.3 is 14.5 Å². The van der Waals surface area contributed by atoms with Crippen LogP contribution in [0.1, 0.15) is 30.9 Å². The number of nitrogens with zero attached hydrogens (tertiary/aromatic N) is 2. The lowest BCUT2D eigenvalue weighted by Crippen LogP contribution is -2.35. The van der Waals surface area contributed by atoms with Crippen LogP contribution in [-0.2, 0) is 9.59 Å². The van der Waals surface area contributed by atoms with Crippen LogP contribution in [0, 0.1) is 13.8 Å². The van der Waals surface area contributed by atoms with Gasteiger partial charge in [0.25, 0.3) is 5.91 Å². The molecule has 0 bridgehead atoms. The molecule has 5 heteroatoms. The first-order valence-electron chi connectivity index (χ1n) is 9.40. The molecule has 142 valence electrons. The molecule has 1 heterocycles. The Bertz CT molecular complexity index is 830. The standard InChI is InChI=1S/C22H26N2O3/c1-4-23(20-12-7-16(2)14-17(20)3)22(26)15-27-19-10-8-18(9-11-19)24-13-5-6-21(24)25/h7-12,14H,4-6,13,15H2,1-3H3. The van der Waals surface area contributed by atoms with Crippen molar-refractivity contribution in [1.82, 2.24) is 0 Å². The van der Waals surface area contributed by atoms with Gasteiger partial charge in [-0.1, -0.05) is 17.7 Å². The van der Waals surface area contributed by atoms with Gasteiger partial charge in [0, 0.05) is 30.9 Å². The predicted molar refractivity (Wildman–Crippen MR) is 107 cm³/mol. The molecule has 0 aliphatic carbocycles. The molecular weight excluding hydrogens is 340 g/mol. The number of hydrogen-bond acceptors (Lipinski definition) is 3. The molecule has 0 aromatic heterocycles. The smallest absolute Gasteiger partial charge is 0.264 e. The second kappa shape index (κ2) is 8.25. The minimum atomic E-state index is -0.0803. The van der Waals surface area contributed by atoms with E-state index in [0.717, 1.165) is 29.9 Å². The highest BCUT2D eigenvalue weighted by Crippen LogP contribution is 2.25. The van der Waals surface area contributed by atoms with E-state index >= 15 is 0 Å². The van der Waals surface area contributed by atoms with Gasteiger partial charge >= 0.3 is 0 Å². The molecule has 0 N–H and O–H groups in total. The zero-order valence-corrected chi connectivity index (χ0v) is 16.2. The summed E-state index contributed by atoms with van der Waals surface area (Å²) in [5, 5.41) is 0. The first-order valence-corrected chi connectivity index (χ1v) is 9.40. The topological polar surface area (TPSA) is 49.9 Å². The number of likely N-dealkylation sites (N-methyl/N-ethyl adjacent to an activating group) is 1. The number of anilines is 2. The third-order valence-electron chi connectivity index (χ3n) is 4.84. The summed E-state index contributed by atoms with van der Waals surface area (Å²) in [5.74, 6) is 0.699. The van der Waals surface area contributed by atoms with Crippen molar-refractivity contribution in [3.63, 3.8) is 0 Å². The van der Waals surface area contributed by atoms with Crippen molar-refractivity contribution in [2.75, 3.05) is 29.5 Å². The van der Waals surface area contributed by atoms with E-state index in [1.165, 1.54) is 5.56 Å². The zero-order chi connectivity index (χ0) is 19.4. The Labute approximate surface area is 160 Å². The summed E-state index contributed by atoms with van der Waals surface area (Å²) < 4.78 is 5.69. The zero-order valence-electron chi connectivity index (χ0n) is 16.2. The van der Waals surface area contributed by atoms with Crippen LogP contribution in [0.4, 0.5) is 11.4 Å². The van der Waals surface area contributed by atoms with Crippen LogP contribution >= 0.6 is 0 Å². The normalized spacial score (nSPS) is 13.7. The first-order chi connectivity index (χ1) is 13.0. The molecule has 27 heavy (non-hydrogen) atoms. The molecule has 1 fully saturated rings. The summed E-state index contributed by atoms with van der Waals surface area (Å²) in [7, 11) is 0. The van der Waals surface area contributed by atoms with Crippen molar-refractivity contribution >= 4 is 23.2 Å². The number of aryl methyl sites for hydroxylation is 2. The van der Waals surface area contributed by atoms with Gasteiger partial charge in [0.05, 0.1) is 0 Å². The summed E-state index contributed by atoms with van der Waals surface area (Å²) in [6.45, 7) is 7.33. The van der Waals surface area contributed by atoms with Gasteiger partial charge in [-0.2, -0.15) is 0 Å². The summed E-state index contributed by atoms with van der Waals surface area (Å²) in [5.41, 5.74) is 4.04. The maximum atomic E-state index is 12.7. The monoisotopic (exact) mass is 366 g/mol. The largest absolute Gasteiger partial charge is 0.484 e. The molecule has 1 aliphatic heterocycles. The third kappa shape index (κ3) is 4.30. The summed E-state index contributed by atoms with van der Waals surface area (Å²) in [4.78, 5) is 28.0. The van der Waals surface area contributed by atoms with Gasteiger partial charge in [-0.15, -0.1) is 0 Å². The lowest BCUT2D eigenvalue weighted by molar-refractivity contribution is -0.120. The van der Waals surface area contributed by atoms with E-state index in [-0.39, 0.29) is 18.4 Å². The number of carbonyl (C=O) groups is 2. The van der Waals surface area contributed by atoms with Gasteiger partial charge in [-0.25, -0.2) is 0 Å². The summed E-state index contributed by atoms with van der Waals surface area (Å²) in [6.07, 6.45) is 1.51. The Morgan fingerprint density at radius 2 is 1.89 bits per heavy atom. The van der Waals surface area contributed by atoms with Crippen LogP contribution < -0.4 is 14.5 Å². The Morgan fingerprint density at radius 1 is 1.15 bits per heavy atom. The van der Waals surface area contributed by atoms with Crippen LogP contribution in [0.3, 0.4) is 0 Å². The van der Waals surface area contributed by atoms with Crippen LogP contribution in [0.2, 0.25) is 0 Å². The molecule has 3 rings (SSSR count). The average Bonchev–Trinajstić information content (AvgIpc) is 3.08. The molecule has 1 saturated heterocycles. The molecule has 0 saturated carbocycles. The van der Waals surface area contributed by atoms with Gasteiger partial charge in [-0.05, 0) is 63.1 Å². The number of benzene rings is 2. The highest BCUT2D eigenvalue weighted by molar-refractivity contribution is 5.96. The quantitative estimate of drug-likeness (QED) is 0.780. The highest BCUT2D eigenvalue weighted by Gasteiger charge is 2.21. The predicted octanol–water partition coefficient (Wildman–Crippen LogP) is 3.86. The Morgan fingerprint density at radius 3 is 2.48 bits per heavy atom. The fourth-order valence-electron chi connectivity index (χ4n) is 3.46. The number of ether oxygens (including phenoxy) is 1. The molecule has 1 aliphatic rings. The van der Waals surface area contributed by atoms with Crippen molar-refractivity contribution in [3.8, 4) is 5.75 Å².